The Kier molecular flexibility index (Phi) is 3.97. The van der Waals surface area contributed by atoms with Crippen molar-refractivity contribution in [3.8, 4) is 0 Å². The Bertz CT molecular complexity index is 467. The fraction of sp³-hybridized carbons (Fsp3) is 0.867. The van der Waals surface area contributed by atoms with Crippen LogP contribution in [0.4, 0.5) is 0 Å². The maximum Gasteiger partial charge on any atom is 0.323 e. The zero-order valence-electron chi connectivity index (χ0n) is 12.4. The first-order valence-corrected chi connectivity index (χ1v) is 8.76. The van der Waals surface area contributed by atoms with Crippen molar-refractivity contribution in [1.29, 1.82) is 0 Å². The largest absolute Gasteiger partial charge is 0.465 e. The summed E-state index contributed by atoms with van der Waals surface area (Å²) < 4.78 is 10.2. The van der Waals surface area contributed by atoms with Crippen LogP contribution in [0, 0.1) is 23.7 Å². The van der Waals surface area contributed by atoms with Gasteiger partial charge in [-0.2, -0.15) is 0 Å². The zero-order valence-corrected chi connectivity index (χ0v) is 14.5. The van der Waals surface area contributed by atoms with E-state index in [-0.39, 0.29) is 35.9 Å². The van der Waals surface area contributed by atoms with E-state index >= 15 is 0 Å². The lowest BCUT2D eigenvalue weighted by Gasteiger charge is -2.32. The number of halogens is 1. The van der Waals surface area contributed by atoms with E-state index in [4.69, 9.17) is 15.2 Å². The van der Waals surface area contributed by atoms with E-state index in [2.05, 4.69) is 22.6 Å². The Hall–Kier alpha value is -0.370. The molecule has 0 amide bonds. The number of ether oxygens (including phenoxy) is 2. The van der Waals surface area contributed by atoms with E-state index in [1.165, 1.54) is 0 Å². The van der Waals surface area contributed by atoms with Gasteiger partial charge in [-0.3, -0.25) is 9.59 Å². The second kappa shape index (κ2) is 5.37. The topological polar surface area (TPSA) is 78.6 Å². The van der Waals surface area contributed by atoms with Crippen LogP contribution in [0.2, 0.25) is 0 Å². The fourth-order valence-corrected chi connectivity index (χ4v) is 4.76. The molecule has 0 aromatic carbocycles. The van der Waals surface area contributed by atoms with Crippen molar-refractivity contribution in [1.82, 2.24) is 0 Å². The maximum absolute atomic E-state index is 12.4. The van der Waals surface area contributed by atoms with Crippen molar-refractivity contribution in [2.45, 2.75) is 48.7 Å². The first-order valence-electron chi connectivity index (χ1n) is 7.68. The average Bonchev–Trinajstić information content (AvgIpc) is 3.10. The van der Waals surface area contributed by atoms with Crippen molar-refractivity contribution >= 4 is 34.5 Å². The molecule has 118 valence electrons. The van der Waals surface area contributed by atoms with Gasteiger partial charge in [0.2, 0.25) is 0 Å². The molecule has 3 fully saturated rings. The van der Waals surface area contributed by atoms with E-state index in [1.807, 2.05) is 13.8 Å². The molecule has 0 spiro atoms. The lowest BCUT2D eigenvalue weighted by molar-refractivity contribution is -0.158. The number of carbonyl (C=O) groups excluding carboxylic acids is 2. The molecule has 1 heterocycles. The minimum absolute atomic E-state index is 0.0538. The summed E-state index contributed by atoms with van der Waals surface area (Å²) in [6, 6.07) is -0.228. The van der Waals surface area contributed by atoms with Crippen LogP contribution in [0.1, 0.15) is 33.1 Å². The molecular weight excluding hydrogens is 385 g/mol. The monoisotopic (exact) mass is 407 g/mol. The quantitative estimate of drug-likeness (QED) is 0.436. The summed E-state index contributed by atoms with van der Waals surface area (Å²) in [5.41, 5.74) is 6.03. The number of carbonyl (C=O) groups is 2. The lowest BCUT2D eigenvalue weighted by atomic mass is 9.80. The molecule has 3 rings (SSSR count). The predicted molar refractivity (Wildman–Crippen MR) is 84.7 cm³/mol. The molecule has 1 aliphatic heterocycles. The Balaban J connectivity index is 1.67. The molecular formula is C15H22INO4. The van der Waals surface area contributed by atoms with Crippen molar-refractivity contribution in [3.63, 3.8) is 0 Å². The van der Waals surface area contributed by atoms with Crippen LogP contribution in [-0.2, 0) is 19.1 Å². The van der Waals surface area contributed by atoms with Gasteiger partial charge in [-0.15, -0.1) is 0 Å². The van der Waals surface area contributed by atoms with Gasteiger partial charge < -0.3 is 15.2 Å². The van der Waals surface area contributed by atoms with E-state index in [9.17, 15) is 9.59 Å². The second-order valence-electron chi connectivity index (χ2n) is 6.75. The van der Waals surface area contributed by atoms with Gasteiger partial charge in [0.05, 0.1) is 12.5 Å². The molecule has 5 nitrogen and oxygen atoms in total. The first kappa shape index (κ1) is 15.5. The second-order valence-corrected chi connectivity index (χ2v) is 8.99. The lowest BCUT2D eigenvalue weighted by Crippen LogP contribution is -2.49. The van der Waals surface area contributed by atoms with Gasteiger partial charge in [0.1, 0.15) is 9.53 Å². The zero-order chi connectivity index (χ0) is 15.4. The molecule has 2 aliphatic carbocycles. The van der Waals surface area contributed by atoms with Gasteiger partial charge in [-0.1, -0.05) is 29.5 Å². The summed E-state index contributed by atoms with van der Waals surface area (Å²) in [7, 11) is 0. The number of cyclic esters (lactones) is 1. The highest BCUT2D eigenvalue weighted by atomic mass is 127. The standard InChI is InChI=1S/C15H22INO4/c1-3-11(17)15(2,16)14(19)21-10-5-7-4-8(10)12-9(7)6-20-13(12)18/h7-12H,3-6,17H2,1-2H3. The van der Waals surface area contributed by atoms with E-state index in [1.54, 1.807) is 0 Å². The number of alkyl halides is 1. The van der Waals surface area contributed by atoms with Crippen molar-refractivity contribution in [2.75, 3.05) is 6.61 Å². The third kappa shape index (κ3) is 2.38. The number of nitrogens with two attached hydrogens (primary N) is 1. The predicted octanol–water partition coefficient (Wildman–Crippen LogP) is 1.66. The van der Waals surface area contributed by atoms with Gasteiger partial charge in [0, 0.05) is 17.9 Å². The van der Waals surface area contributed by atoms with Gasteiger partial charge in [0.15, 0.2) is 0 Å². The highest BCUT2D eigenvalue weighted by molar-refractivity contribution is 14.1. The van der Waals surface area contributed by atoms with Crippen LogP contribution in [0.3, 0.4) is 0 Å². The highest BCUT2D eigenvalue weighted by Crippen LogP contribution is 2.56. The molecule has 2 bridgehead atoms. The molecule has 3 aliphatic rings. The molecule has 1 saturated heterocycles. The number of esters is 2. The Morgan fingerprint density at radius 3 is 2.90 bits per heavy atom. The first-order chi connectivity index (χ1) is 9.86. The van der Waals surface area contributed by atoms with Gasteiger partial charge in [-0.25, -0.2) is 0 Å². The summed E-state index contributed by atoms with van der Waals surface area (Å²) >= 11 is 2.09. The summed E-state index contributed by atoms with van der Waals surface area (Å²) in [5, 5.41) is 0. The van der Waals surface area contributed by atoms with Gasteiger partial charge in [-0.05, 0) is 32.1 Å². The minimum Gasteiger partial charge on any atom is -0.465 e. The summed E-state index contributed by atoms with van der Waals surface area (Å²) in [6.07, 6.45) is 2.43. The molecule has 7 atom stereocenters. The van der Waals surface area contributed by atoms with E-state index < -0.39 is 3.42 Å². The molecule has 6 heteroatoms. The smallest absolute Gasteiger partial charge is 0.323 e. The van der Waals surface area contributed by atoms with Gasteiger partial charge >= 0.3 is 11.9 Å². The summed E-state index contributed by atoms with van der Waals surface area (Å²) in [4.78, 5) is 24.3. The van der Waals surface area contributed by atoms with Crippen LogP contribution in [0.5, 0.6) is 0 Å². The molecule has 7 unspecified atom stereocenters. The van der Waals surface area contributed by atoms with Crippen molar-refractivity contribution in [2.24, 2.45) is 29.4 Å². The van der Waals surface area contributed by atoms with Crippen LogP contribution < -0.4 is 5.73 Å². The van der Waals surface area contributed by atoms with Crippen LogP contribution >= 0.6 is 22.6 Å². The van der Waals surface area contributed by atoms with Gasteiger partial charge in [0.25, 0.3) is 0 Å². The van der Waals surface area contributed by atoms with Crippen LogP contribution in [-0.4, -0.2) is 34.1 Å². The summed E-state index contributed by atoms with van der Waals surface area (Å²) in [6.45, 7) is 4.34. The third-order valence-electron chi connectivity index (χ3n) is 5.60. The number of rotatable bonds is 4. The van der Waals surface area contributed by atoms with E-state index in [0.29, 0.717) is 18.4 Å². The SMILES string of the molecule is CCC(N)C(C)(I)C(=O)OC1CC2CC1C1C(=O)OCC21. The summed E-state index contributed by atoms with van der Waals surface area (Å²) in [5.74, 6) is 0.547. The Morgan fingerprint density at radius 1 is 1.52 bits per heavy atom. The van der Waals surface area contributed by atoms with Crippen LogP contribution in [0.25, 0.3) is 0 Å². The minimum atomic E-state index is -0.718. The van der Waals surface area contributed by atoms with E-state index in [0.717, 1.165) is 19.3 Å². The van der Waals surface area contributed by atoms with Crippen LogP contribution in [0.15, 0.2) is 0 Å². The Morgan fingerprint density at radius 2 is 2.24 bits per heavy atom. The highest BCUT2D eigenvalue weighted by Gasteiger charge is 2.60. The third-order valence-corrected chi connectivity index (χ3v) is 6.84. The number of fused-ring (bicyclic) bond motifs is 5. The maximum atomic E-state index is 12.4. The molecule has 0 aromatic rings. The molecule has 2 saturated carbocycles. The molecule has 2 N–H and O–H groups in total. The fourth-order valence-electron chi connectivity index (χ4n) is 4.20. The average molecular weight is 407 g/mol. The molecule has 21 heavy (non-hydrogen) atoms. The Labute approximate surface area is 138 Å². The molecule has 0 radical (unpaired) electrons. The van der Waals surface area contributed by atoms with Crippen molar-refractivity contribution in [3.05, 3.63) is 0 Å². The normalized spacial score (nSPS) is 41.3. The van der Waals surface area contributed by atoms with Crippen molar-refractivity contribution < 1.29 is 19.1 Å². The number of hydrogen-bond acceptors (Lipinski definition) is 5. The molecule has 0 aromatic heterocycles. The number of hydrogen-bond donors (Lipinski definition) is 1.